The highest BCUT2D eigenvalue weighted by atomic mass is 32.2. The topological polar surface area (TPSA) is 108 Å². The molecule has 1 fully saturated rings. The molecule has 1 aromatic rings. The molecule has 2 aliphatic heterocycles. The molecule has 7 nitrogen and oxygen atoms in total. The molecule has 0 aliphatic carbocycles. The summed E-state index contributed by atoms with van der Waals surface area (Å²) in [6.45, 7) is 0. The molecule has 0 spiro atoms. The molecule has 3 heterocycles. The molecular weight excluding hydrogens is 286 g/mol. The van der Waals surface area contributed by atoms with E-state index in [0.717, 1.165) is 0 Å². The van der Waals surface area contributed by atoms with Gasteiger partial charge in [-0.25, -0.2) is 9.59 Å². The van der Waals surface area contributed by atoms with Crippen LogP contribution in [0.5, 0.6) is 0 Å². The number of carbonyl (C=O) groups is 3. The zero-order chi connectivity index (χ0) is 14.4. The number of carboxylic acid groups (broad SMARTS) is 2. The molecule has 0 aromatic carbocycles. The van der Waals surface area contributed by atoms with Gasteiger partial charge in [0, 0.05) is 5.41 Å². The summed E-state index contributed by atoms with van der Waals surface area (Å²) in [4.78, 5) is 34.6. The third-order valence-corrected chi connectivity index (χ3v) is 3.97. The van der Waals surface area contributed by atoms with E-state index in [-0.39, 0.29) is 22.6 Å². The number of aliphatic carboxylic acids is 1. The third-order valence-electron chi connectivity index (χ3n) is 2.89. The Kier molecular flexibility index (Phi) is 2.68. The molecule has 0 saturated carbocycles. The van der Waals surface area contributed by atoms with E-state index in [9.17, 15) is 14.4 Å². The van der Waals surface area contributed by atoms with E-state index in [4.69, 9.17) is 14.6 Å². The average molecular weight is 293 g/mol. The van der Waals surface area contributed by atoms with Crippen molar-refractivity contribution in [1.29, 1.82) is 0 Å². The first-order chi connectivity index (χ1) is 9.49. The summed E-state index contributed by atoms with van der Waals surface area (Å²) >= 11 is 1.21. The van der Waals surface area contributed by atoms with Crippen LogP contribution in [-0.2, 0) is 9.59 Å². The van der Waals surface area contributed by atoms with Crippen LogP contribution < -0.4 is 0 Å². The summed E-state index contributed by atoms with van der Waals surface area (Å²) in [5.41, 5.74) is 0.335. The predicted molar refractivity (Wildman–Crippen MR) is 67.6 cm³/mol. The molecule has 20 heavy (non-hydrogen) atoms. The number of hydrogen-bond donors (Lipinski definition) is 2. The standard InChI is InChI=1S/C12H7NO6S/c14-9-6(3-5-1-2-8(19-5)12(17)18)10-13(9)7(4-20-10)11(15)16/h1-4,10H,(H,15,16)(H,17,18)/b6-3-. The van der Waals surface area contributed by atoms with E-state index in [0.29, 0.717) is 5.57 Å². The fraction of sp³-hybridized carbons (Fsp3) is 0.0833. The number of carboxylic acids is 2. The van der Waals surface area contributed by atoms with Crippen molar-refractivity contribution in [2.24, 2.45) is 0 Å². The lowest BCUT2D eigenvalue weighted by Gasteiger charge is -2.36. The van der Waals surface area contributed by atoms with Gasteiger partial charge >= 0.3 is 11.9 Å². The van der Waals surface area contributed by atoms with E-state index in [2.05, 4.69) is 0 Å². The highest BCUT2D eigenvalue weighted by Gasteiger charge is 2.49. The summed E-state index contributed by atoms with van der Waals surface area (Å²) in [6.07, 6.45) is 1.43. The maximum atomic E-state index is 11.9. The van der Waals surface area contributed by atoms with Crippen LogP contribution in [0.25, 0.3) is 6.08 Å². The minimum atomic E-state index is -1.19. The number of fused-ring (bicyclic) bond motifs is 1. The van der Waals surface area contributed by atoms with Gasteiger partial charge in [-0.1, -0.05) is 0 Å². The van der Waals surface area contributed by atoms with Gasteiger partial charge in [-0.05, 0) is 18.2 Å². The number of amides is 1. The van der Waals surface area contributed by atoms with Gasteiger partial charge < -0.3 is 14.6 Å². The summed E-state index contributed by atoms with van der Waals surface area (Å²) in [6, 6.07) is 2.73. The van der Waals surface area contributed by atoms with Gasteiger partial charge in [0.2, 0.25) is 5.76 Å². The molecule has 102 valence electrons. The quantitative estimate of drug-likeness (QED) is 0.636. The SMILES string of the molecule is O=C(O)C1=CSC2/C(=C\c3ccc(C(=O)O)o3)C(=O)N12. The molecule has 8 heteroatoms. The van der Waals surface area contributed by atoms with Gasteiger partial charge in [-0.2, -0.15) is 0 Å². The van der Waals surface area contributed by atoms with Crippen LogP contribution >= 0.6 is 11.8 Å². The fourth-order valence-corrected chi connectivity index (χ4v) is 3.08. The van der Waals surface area contributed by atoms with Gasteiger partial charge in [0.25, 0.3) is 5.91 Å². The monoisotopic (exact) mass is 293 g/mol. The molecule has 1 saturated heterocycles. The maximum Gasteiger partial charge on any atom is 0.371 e. The van der Waals surface area contributed by atoms with E-state index in [1.165, 1.54) is 40.3 Å². The van der Waals surface area contributed by atoms with Gasteiger partial charge in [0.05, 0.1) is 5.57 Å². The highest BCUT2D eigenvalue weighted by Crippen LogP contribution is 2.45. The van der Waals surface area contributed by atoms with Gasteiger partial charge in [-0.15, -0.1) is 11.8 Å². The lowest BCUT2D eigenvalue weighted by molar-refractivity contribution is -0.141. The minimum Gasteiger partial charge on any atom is -0.477 e. The summed E-state index contributed by atoms with van der Waals surface area (Å²) in [5.74, 6) is -2.74. The lowest BCUT2D eigenvalue weighted by atomic mass is 10.0. The van der Waals surface area contributed by atoms with Crippen LogP contribution in [0.4, 0.5) is 0 Å². The Hall–Kier alpha value is -2.48. The fourth-order valence-electron chi connectivity index (χ4n) is 1.96. The Bertz CT molecular complexity index is 701. The van der Waals surface area contributed by atoms with Crippen LogP contribution in [0.1, 0.15) is 16.3 Å². The van der Waals surface area contributed by atoms with Crippen molar-refractivity contribution in [3.05, 3.63) is 40.3 Å². The number of nitrogens with zero attached hydrogens (tertiary/aromatic N) is 1. The van der Waals surface area contributed by atoms with E-state index in [1.54, 1.807) is 0 Å². The zero-order valence-corrected chi connectivity index (χ0v) is 10.6. The molecule has 1 aromatic heterocycles. The van der Waals surface area contributed by atoms with Gasteiger partial charge in [0.15, 0.2) is 0 Å². The lowest BCUT2D eigenvalue weighted by Crippen LogP contribution is -2.51. The molecule has 3 rings (SSSR count). The molecule has 1 unspecified atom stereocenters. The second kappa shape index (κ2) is 4.27. The molecule has 2 aliphatic rings. The van der Waals surface area contributed by atoms with E-state index < -0.39 is 17.8 Å². The molecule has 1 atom stereocenters. The number of furan rings is 1. The van der Waals surface area contributed by atoms with E-state index in [1.807, 2.05) is 0 Å². The second-order valence-electron chi connectivity index (χ2n) is 4.08. The van der Waals surface area contributed by atoms with Crippen LogP contribution in [-0.4, -0.2) is 38.3 Å². The van der Waals surface area contributed by atoms with Crippen molar-refractivity contribution in [3.63, 3.8) is 0 Å². The Labute approximate surface area is 116 Å². The highest BCUT2D eigenvalue weighted by molar-refractivity contribution is 8.03. The van der Waals surface area contributed by atoms with Crippen molar-refractivity contribution < 1.29 is 29.0 Å². The third kappa shape index (κ3) is 1.73. The van der Waals surface area contributed by atoms with Gasteiger partial charge in [0.1, 0.15) is 16.8 Å². The predicted octanol–water partition coefficient (Wildman–Crippen LogP) is 1.20. The first-order valence-corrected chi connectivity index (χ1v) is 6.40. The zero-order valence-electron chi connectivity index (χ0n) is 9.77. The normalized spacial score (nSPS) is 22.5. The van der Waals surface area contributed by atoms with Crippen molar-refractivity contribution in [2.45, 2.75) is 5.37 Å². The minimum absolute atomic E-state index is 0.0483. The number of β-lactam (4-membered cyclic amide) rings is 1. The number of aromatic carboxylic acids is 1. The van der Waals surface area contributed by atoms with Crippen LogP contribution in [0.15, 0.2) is 33.2 Å². The van der Waals surface area contributed by atoms with Crippen molar-refractivity contribution >= 4 is 35.7 Å². The summed E-state index contributed by atoms with van der Waals surface area (Å²) < 4.78 is 5.03. The van der Waals surface area contributed by atoms with Crippen molar-refractivity contribution in [2.75, 3.05) is 0 Å². The van der Waals surface area contributed by atoms with E-state index >= 15 is 0 Å². The second-order valence-corrected chi connectivity index (χ2v) is 5.03. The van der Waals surface area contributed by atoms with Crippen molar-refractivity contribution in [1.82, 2.24) is 4.90 Å². The Balaban J connectivity index is 1.84. The maximum absolute atomic E-state index is 11.9. The largest absolute Gasteiger partial charge is 0.477 e. The Morgan fingerprint density at radius 2 is 2.05 bits per heavy atom. The molecular formula is C12H7NO6S. The smallest absolute Gasteiger partial charge is 0.371 e. The molecule has 0 bridgehead atoms. The molecule has 2 N–H and O–H groups in total. The average Bonchev–Trinajstić information content (AvgIpc) is 3.00. The summed E-state index contributed by atoms with van der Waals surface area (Å²) in [5, 5.41) is 18.7. The molecule has 0 radical (unpaired) electrons. The first kappa shape index (κ1) is 12.5. The van der Waals surface area contributed by atoms with Crippen molar-refractivity contribution in [3.8, 4) is 0 Å². The number of hydrogen-bond acceptors (Lipinski definition) is 5. The Morgan fingerprint density at radius 3 is 2.65 bits per heavy atom. The van der Waals surface area contributed by atoms with Crippen LogP contribution in [0, 0.1) is 0 Å². The number of rotatable bonds is 3. The van der Waals surface area contributed by atoms with Gasteiger partial charge in [-0.3, -0.25) is 9.69 Å². The Morgan fingerprint density at radius 1 is 1.30 bits per heavy atom. The van der Waals surface area contributed by atoms with Crippen LogP contribution in [0.2, 0.25) is 0 Å². The van der Waals surface area contributed by atoms with Crippen LogP contribution in [0.3, 0.4) is 0 Å². The first-order valence-electron chi connectivity index (χ1n) is 5.46. The summed E-state index contributed by atoms with van der Waals surface area (Å²) in [7, 11) is 0. The molecule has 1 amide bonds. The number of carbonyl (C=O) groups excluding carboxylic acids is 1. The number of thioether (sulfide) groups is 1.